The summed E-state index contributed by atoms with van der Waals surface area (Å²) in [5.41, 5.74) is 0. The summed E-state index contributed by atoms with van der Waals surface area (Å²) in [5, 5.41) is 0. The van der Waals surface area contributed by atoms with Gasteiger partial charge in [0.1, 0.15) is 0 Å². The quantitative estimate of drug-likeness (QED) is 0.360. The predicted octanol–water partition coefficient (Wildman–Crippen LogP) is 2.41. The zero-order valence-corrected chi connectivity index (χ0v) is 9.72. The van der Waals surface area contributed by atoms with E-state index in [1.54, 1.807) is 0 Å². The van der Waals surface area contributed by atoms with Crippen molar-refractivity contribution in [3.8, 4) is 0 Å². The van der Waals surface area contributed by atoms with Crippen molar-refractivity contribution in [3.05, 3.63) is 0 Å². The fraction of sp³-hybridized carbons (Fsp3) is 0.833. The van der Waals surface area contributed by atoms with E-state index in [9.17, 15) is 0 Å². The van der Waals surface area contributed by atoms with Crippen LogP contribution in [0.4, 0.5) is 0 Å². The Labute approximate surface area is 87.6 Å². The van der Waals surface area contributed by atoms with E-state index in [4.69, 9.17) is 4.74 Å². The number of thiol groups is 1. The van der Waals surface area contributed by atoms with Crippen molar-refractivity contribution < 1.29 is 25.8 Å². The van der Waals surface area contributed by atoms with Crippen LogP contribution in [-0.4, -0.2) is 11.0 Å². The maximum Gasteiger partial charge on any atom is 0.216 e. The van der Waals surface area contributed by atoms with E-state index in [-0.39, 0.29) is 21.1 Å². The zero-order valence-electron chi connectivity index (χ0n) is 6.00. The fourth-order valence-corrected chi connectivity index (χ4v) is 0.686. The average molecular weight is 260 g/mol. The number of ether oxygens (including phenoxy) is 1. The van der Waals surface area contributed by atoms with Crippen molar-refractivity contribution in [2.24, 2.45) is 0 Å². The first kappa shape index (κ1) is 13.5. The summed E-state index contributed by atoms with van der Waals surface area (Å²) in [5.74, 6) is 0. The summed E-state index contributed by atoms with van der Waals surface area (Å²) in [7, 11) is 0. The molecular weight excluding hydrogens is 248 g/mol. The van der Waals surface area contributed by atoms with Gasteiger partial charge in [-0.1, -0.05) is 32.4 Å². The minimum atomic E-state index is 0. The van der Waals surface area contributed by atoms with E-state index in [1.165, 1.54) is 12.8 Å². The number of hydrogen-bond acceptors (Lipinski definition) is 2. The first-order valence-corrected chi connectivity index (χ1v) is 3.98. The third kappa shape index (κ3) is 11.7. The van der Waals surface area contributed by atoms with Crippen LogP contribution < -0.4 is 0 Å². The Hall–Kier alpha value is 0.928. The van der Waals surface area contributed by atoms with Gasteiger partial charge in [0.05, 0.1) is 6.61 Å². The van der Waals surface area contributed by atoms with Crippen LogP contribution in [0.2, 0.25) is 0 Å². The molecule has 0 unspecified atom stereocenters. The molecule has 0 amide bonds. The topological polar surface area (TPSA) is 9.23 Å². The Kier molecular flexibility index (Phi) is 13.4. The molecule has 0 spiro atoms. The van der Waals surface area contributed by atoms with Crippen molar-refractivity contribution in [2.75, 3.05) is 6.61 Å². The second kappa shape index (κ2) is 9.93. The van der Waals surface area contributed by atoms with Gasteiger partial charge in [0.25, 0.3) is 0 Å². The molecular formula is C6H12MoOS2. The average Bonchev–Trinajstić information content (AvgIpc) is 1.80. The Bertz CT molecular complexity index is 87.8. The summed E-state index contributed by atoms with van der Waals surface area (Å²) in [6.07, 6.45) is 3.50. The second-order valence-corrected chi connectivity index (χ2v) is 2.90. The van der Waals surface area contributed by atoms with E-state index in [0.29, 0.717) is 4.38 Å². The molecule has 0 fully saturated rings. The summed E-state index contributed by atoms with van der Waals surface area (Å²) in [6.45, 7) is 2.87. The van der Waals surface area contributed by atoms with Gasteiger partial charge in [0.15, 0.2) is 0 Å². The minimum Gasteiger partial charge on any atom is -0.479 e. The predicted molar refractivity (Wildman–Crippen MR) is 47.1 cm³/mol. The standard InChI is InChI=1S/C6H12OS2.Mo/c1-2-3-4-5-7-6(8)9;/h2-5H2,1H3,(H,8,9);. The molecule has 0 aromatic rings. The van der Waals surface area contributed by atoms with Gasteiger partial charge in [-0.3, -0.25) is 0 Å². The summed E-state index contributed by atoms with van der Waals surface area (Å²) >= 11 is 8.40. The first-order valence-electron chi connectivity index (χ1n) is 3.13. The molecule has 1 nitrogen and oxygen atoms in total. The Morgan fingerprint density at radius 3 is 2.50 bits per heavy atom. The molecule has 0 saturated heterocycles. The molecule has 0 aliphatic carbocycles. The van der Waals surface area contributed by atoms with Crippen molar-refractivity contribution >= 4 is 29.2 Å². The van der Waals surface area contributed by atoms with Crippen LogP contribution in [0.5, 0.6) is 0 Å². The third-order valence-electron chi connectivity index (χ3n) is 0.973. The number of thiocarbonyl (C=S) groups is 1. The van der Waals surface area contributed by atoms with Gasteiger partial charge in [-0.15, -0.1) is 0 Å². The largest absolute Gasteiger partial charge is 0.479 e. The molecule has 0 aromatic carbocycles. The van der Waals surface area contributed by atoms with Crippen molar-refractivity contribution in [1.82, 2.24) is 0 Å². The molecule has 0 aliphatic rings. The van der Waals surface area contributed by atoms with E-state index >= 15 is 0 Å². The van der Waals surface area contributed by atoms with Crippen LogP contribution in [0.1, 0.15) is 26.2 Å². The number of hydrogen-bond donors (Lipinski definition) is 1. The monoisotopic (exact) mass is 262 g/mol. The second-order valence-electron chi connectivity index (χ2n) is 1.82. The SMILES string of the molecule is CCCCCOC(=S)S.[Mo]. The van der Waals surface area contributed by atoms with Crippen LogP contribution in [0.25, 0.3) is 0 Å². The van der Waals surface area contributed by atoms with Crippen LogP contribution in [0.3, 0.4) is 0 Å². The first-order chi connectivity index (χ1) is 4.27. The Morgan fingerprint density at radius 1 is 1.50 bits per heavy atom. The molecule has 0 N–H and O–H groups in total. The Balaban J connectivity index is 0. The molecule has 0 aromatic heterocycles. The minimum absolute atomic E-state index is 0. The normalized spacial score (nSPS) is 8.20. The summed E-state index contributed by atoms with van der Waals surface area (Å²) in [4.78, 5) is 0. The molecule has 0 atom stereocenters. The number of rotatable bonds is 4. The van der Waals surface area contributed by atoms with Gasteiger partial charge in [-0.05, 0) is 18.6 Å². The van der Waals surface area contributed by atoms with Crippen LogP contribution >= 0.6 is 24.8 Å². The van der Waals surface area contributed by atoms with Crippen molar-refractivity contribution in [2.45, 2.75) is 26.2 Å². The smallest absolute Gasteiger partial charge is 0.216 e. The maximum absolute atomic E-state index is 4.94. The summed E-state index contributed by atoms with van der Waals surface area (Å²) in [6, 6.07) is 0. The third-order valence-corrected chi connectivity index (χ3v) is 1.22. The fourth-order valence-electron chi connectivity index (χ4n) is 0.512. The molecule has 0 bridgehead atoms. The van der Waals surface area contributed by atoms with Gasteiger partial charge in [-0.25, -0.2) is 0 Å². The Morgan fingerprint density at radius 2 is 2.10 bits per heavy atom. The maximum atomic E-state index is 4.94. The van der Waals surface area contributed by atoms with Crippen molar-refractivity contribution in [3.63, 3.8) is 0 Å². The molecule has 60 valence electrons. The summed E-state index contributed by atoms with van der Waals surface area (Å²) < 4.78 is 5.29. The van der Waals surface area contributed by atoms with E-state index < -0.39 is 0 Å². The van der Waals surface area contributed by atoms with Gasteiger partial charge >= 0.3 is 0 Å². The van der Waals surface area contributed by atoms with Gasteiger partial charge in [-0.2, -0.15) is 0 Å². The van der Waals surface area contributed by atoms with Gasteiger partial charge in [0, 0.05) is 21.1 Å². The molecule has 0 rings (SSSR count). The molecule has 10 heavy (non-hydrogen) atoms. The molecule has 0 radical (unpaired) electrons. The van der Waals surface area contributed by atoms with E-state index in [1.807, 2.05) is 0 Å². The molecule has 0 heterocycles. The van der Waals surface area contributed by atoms with Crippen molar-refractivity contribution in [1.29, 1.82) is 0 Å². The van der Waals surface area contributed by atoms with Gasteiger partial charge in [0.2, 0.25) is 4.38 Å². The molecule has 4 heteroatoms. The van der Waals surface area contributed by atoms with Crippen LogP contribution in [-0.2, 0) is 25.8 Å². The van der Waals surface area contributed by atoms with Gasteiger partial charge < -0.3 is 4.74 Å². The molecule has 0 aliphatic heterocycles. The zero-order chi connectivity index (χ0) is 7.11. The van der Waals surface area contributed by atoms with E-state index in [2.05, 4.69) is 31.8 Å². The van der Waals surface area contributed by atoms with Crippen LogP contribution in [0.15, 0.2) is 0 Å². The number of unbranched alkanes of at least 4 members (excludes halogenated alkanes) is 2. The van der Waals surface area contributed by atoms with Crippen LogP contribution in [0, 0.1) is 0 Å². The molecule has 0 saturated carbocycles. The van der Waals surface area contributed by atoms with E-state index in [0.717, 1.165) is 13.0 Å².